The Bertz CT molecular complexity index is 620. The largest absolute Gasteiger partial charge is 0.472 e. The first-order valence-corrected chi connectivity index (χ1v) is 6.92. The molecule has 1 aromatic heterocycles. The zero-order valence-electron chi connectivity index (χ0n) is 11.6. The van der Waals surface area contributed by atoms with E-state index in [1.807, 2.05) is 0 Å². The van der Waals surface area contributed by atoms with Gasteiger partial charge in [-0.05, 0) is 31.5 Å². The van der Waals surface area contributed by atoms with Gasteiger partial charge in [0, 0.05) is 5.56 Å². The fraction of sp³-hybridized carbons (Fsp3) is 0.333. The highest BCUT2D eigenvalue weighted by molar-refractivity contribution is 5.55. The van der Waals surface area contributed by atoms with E-state index in [1.165, 1.54) is 24.5 Å². The second kappa shape index (κ2) is 5.92. The molecule has 0 aliphatic carbocycles. The van der Waals surface area contributed by atoms with E-state index in [9.17, 15) is 13.2 Å². The summed E-state index contributed by atoms with van der Waals surface area (Å²) in [6.07, 6.45) is 0.682. The van der Waals surface area contributed by atoms with Gasteiger partial charge in [-0.2, -0.15) is 13.2 Å². The molecule has 0 saturated carbocycles. The number of benzene rings is 1. The lowest BCUT2D eigenvalue weighted by Gasteiger charge is -2.13. The van der Waals surface area contributed by atoms with E-state index in [-0.39, 0.29) is 6.23 Å². The second-order valence-electron chi connectivity index (χ2n) is 5.02. The van der Waals surface area contributed by atoms with E-state index in [4.69, 9.17) is 4.74 Å². The van der Waals surface area contributed by atoms with Crippen molar-refractivity contribution in [1.82, 2.24) is 15.3 Å². The van der Waals surface area contributed by atoms with E-state index >= 15 is 0 Å². The van der Waals surface area contributed by atoms with Crippen molar-refractivity contribution in [3.05, 3.63) is 42.2 Å². The normalized spacial score (nSPS) is 18.4. The smallest absolute Gasteiger partial charge is 0.416 e. The van der Waals surface area contributed by atoms with E-state index in [2.05, 4.69) is 15.3 Å². The molecular formula is C15H14F3N3O. The lowest BCUT2D eigenvalue weighted by Crippen LogP contribution is -2.27. The topological polar surface area (TPSA) is 47.0 Å². The third kappa shape index (κ3) is 3.36. The molecule has 4 nitrogen and oxygen atoms in total. The van der Waals surface area contributed by atoms with E-state index in [1.54, 1.807) is 0 Å². The molecule has 1 saturated heterocycles. The first-order chi connectivity index (χ1) is 10.5. The average Bonchev–Trinajstić information content (AvgIpc) is 3.00. The predicted octanol–water partition coefficient (Wildman–Crippen LogP) is 3.25. The highest BCUT2D eigenvalue weighted by atomic mass is 19.4. The number of alkyl halides is 3. The molecule has 2 heterocycles. The van der Waals surface area contributed by atoms with Crippen LogP contribution in [0.4, 0.5) is 13.2 Å². The SMILES string of the molecule is FC(F)(F)c1ccc(-c2ncc(OC3CCCN3)cn2)cc1. The van der Waals surface area contributed by atoms with Gasteiger partial charge in [-0.25, -0.2) is 9.97 Å². The molecule has 0 bridgehead atoms. The Morgan fingerprint density at radius 3 is 2.32 bits per heavy atom. The van der Waals surface area contributed by atoms with Crippen LogP contribution in [0.5, 0.6) is 5.75 Å². The van der Waals surface area contributed by atoms with Gasteiger partial charge < -0.3 is 4.74 Å². The summed E-state index contributed by atoms with van der Waals surface area (Å²) < 4.78 is 43.2. The Morgan fingerprint density at radius 1 is 1.09 bits per heavy atom. The zero-order chi connectivity index (χ0) is 15.6. The van der Waals surface area contributed by atoms with Gasteiger partial charge in [-0.1, -0.05) is 12.1 Å². The van der Waals surface area contributed by atoms with Crippen LogP contribution in [-0.2, 0) is 6.18 Å². The number of aromatic nitrogens is 2. The summed E-state index contributed by atoms with van der Waals surface area (Å²) in [7, 11) is 0. The van der Waals surface area contributed by atoms with Crippen LogP contribution in [0.3, 0.4) is 0 Å². The molecule has 0 radical (unpaired) electrons. The molecule has 116 valence electrons. The molecule has 2 aromatic rings. The first kappa shape index (κ1) is 14.8. The van der Waals surface area contributed by atoms with Crippen LogP contribution in [0.1, 0.15) is 18.4 Å². The van der Waals surface area contributed by atoms with Crippen molar-refractivity contribution in [3.8, 4) is 17.1 Å². The third-order valence-corrected chi connectivity index (χ3v) is 3.39. The number of halogens is 3. The fourth-order valence-electron chi connectivity index (χ4n) is 2.25. The molecule has 1 unspecified atom stereocenters. The highest BCUT2D eigenvalue weighted by Crippen LogP contribution is 2.30. The van der Waals surface area contributed by atoms with Crippen molar-refractivity contribution >= 4 is 0 Å². The minimum atomic E-state index is -4.34. The maximum absolute atomic E-state index is 12.5. The number of nitrogens with one attached hydrogen (secondary N) is 1. The molecule has 1 fully saturated rings. The first-order valence-electron chi connectivity index (χ1n) is 6.92. The second-order valence-corrected chi connectivity index (χ2v) is 5.02. The van der Waals surface area contributed by atoms with Gasteiger partial charge in [0.1, 0.15) is 6.23 Å². The van der Waals surface area contributed by atoms with Gasteiger partial charge in [0.25, 0.3) is 0 Å². The number of hydrogen-bond donors (Lipinski definition) is 1. The van der Waals surface area contributed by atoms with Gasteiger partial charge in [0.05, 0.1) is 18.0 Å². The summed E-state index contributed by atoms with van der Waals surface area (Å²) in [5.41, 5.74) is -0.165. The zero-order valence-corrected chi connectivity index (χ0v) is 11.6. The standard InChI is InChI=1S/C15H14F3N3O/c16-15(17,18)11-5-3-10(4-6-11)14-20-8-12(9-21-14)22-13-2-1-7-19-13/h3-6,8-9,13,19H,1-2,7H2. The molecule has 1 atom stereocenters. The molecule has 22 heavy (non-hydrogen) atoms. The Morgan fingerprint density at radius 2 is 1.77 bits per heavy atom. The minimum absolute atomic E-state index is 0.0273. The molecule has 3 rings (SSSR count). The molecule has 1 N–H and O–H groups in total. The Kier molecular flexibility index (Phi) is 3.98. The van der Waals surface area contributed by atoms with Crippen molar-refractivity contribution in [2.45, 2.75) is 25.2 Å². The average molecular weight is 309 g/mol. The molecule has 0 spiro atoms. The molecule has 1 aliphatic heterocycles. The van der Waals surface area contributed by atoms with Crippen LogP contribution in [0.15, 0.2) is 36.7 Å². The lowest BCUT2D eigenvalue weighted by atomic mass is 10.1. The summed E-state index contributed by atoms with van der Waals surface area (Å²) in [5.74, 6) is 0.899. The molecule has 1 aromatic carbocycles. The van der Waals surface area contributed by atoms with E-state index < -0.39 is 11.7 Å². The minimum Gasteiger partial charge on any atom is -0.472 e. The summed E-state index contributed by atoms with van der Waals surface area (Å²) in [5, 5.41) is 3.19. The van der Waals surface area contributed by atoms with E-state index in [0.717, 1.165) is 31.5 Å². The van der Waals surface area contributed by atoms with Crippen LogP contribution in [0.25, 0.3) is 11.4 Å². The van der Waals surface area contributed by atoms with Crippen molar-refractivity contribution < 1.29 is 17.9 Å². The van der Waals surface area contributed by atoms with Crippen molar-refractivity contribution in [2.24, 2.45) is 0 Å². The van der Waals surface area contributed by atoms with Crippen LogP contribution < -0.4 is 10.1 Å². The third-order valence-electron chi connectivity index (χ3n) is 3.39. The summed E-state index contributed by atoms with van der Waals surface area (Å²) in [6, 6.07) is 4.76. The molecular weight excluding hydrogens is 295 g/mol. The number of ether oxygens (including phenoxy) is 1. The summed E-state index contributed by atoms with van der Waals surface area (Å²) >= 11 is 0. The van der Waals surface area contributed by atoms with Crippen molar-refractivity contribution in [2.75, 3.05) is 6.54 Å². The fourth-order valence-corrected chi connectivity index (χ4v) is 2.25. The van der Waals surface area contributed by atoms with Crippen LogP contribution >= 0.6 is 0 Å². The van der Waals surface area contributed by atoms with Crippen molar-refractivity contribution in [3.63, 3.8) is 0 Å². The van der Waals surface area contributed by atoms with Gasteiger partial charge >= 0.3 is 6.18 Å². The monoisotopic (exact) mass is 309 g/mol. The number of hydrogen-bond acceptors (Lipinski definition) is 4. The van der Waals surface area contributed by atoms with Crippen LogP contribution in [-0.4, -0.2) is 22.7 Å². The maximum atomic E-state index is 12.5. The Labute approximate surface area is 125 Å². The van der Waals surface area contributed by atoms with E-state index in [0.29, 0.717) is 17.1 Å². The van der Waals surface area contributed by atoms with Gasteiger partial charge in [0.15, 0.2) is 11.6 Å². The van der Waals surface area contributed by atoms with Gasteiger partial charge in [-0.15, -0.1) is 0 Å². The van der Waals surface area contributed by atoms with Crippen LogP contribution in [0.2, 0.25) is 0 Å². The van der Waals surface area contributed by atoms with Gasteiger partial charge in [-0.3, -0.25) is 5.32 Å². The predicted molar refractivity (Wildman–Crippen MR) is 74.1 cm³/mol. The quantitative estimate of drug-likeness (QED) is 0.945. The maximum Gasteiger partial charge on any atom is 0.416 e. The molecule has 0 amide bonds. The molecule has 1 aliphatic rings. The lowest BCUT2D eigenvalue weighted by molar-refractivity contribution is -0.137. The Hall–Kier alpha value is -2.15. The Balaban J connectivity index is 1.72. The summed E-state index contributed by atoms with van der Waals surface area (Å²) in [6.45, 7) is 0.926. The summed E-state index contributed by atoms with van der Waals surface area (Å²) in [4.78, 5) is 8.28. The number of rotatable bonds is 3. The van der Waals surface area contributed by atoms with Gasteiger partial charge in [0.2, 0.25) is 0 Å². The highest BCUT2D eigenvalue weighted by Gasteiger charge is 2.30. The number of nitrogens with zero attached hydrogens (tertiary/aromatic N) is 2. The van der Waals surface area contributed by atoms with Crippen LogP contribution in [0, 0.1) is 0 Å². The van der Waals surface area contributed by atoms with Crippen molar-refractivity contribution in [1.29, 1.82) is 0 Å². The molecule has 7 heteroatoms.